The van der Waals surface area contributed by atoms with Gasteiger partial charge in [-0.2, -0.15) is 0 Å². The molecule has 3 heteroatoms. The Morgan fingerprint density at radius 3 is 2.39 bits per heavy atom. The van der Waals surface area contributed by atoms with Crippen molar-refractivity contribution in [2.75, 3.05) is 5.73 Å². The molecule has 0 amide bonds. The Bertz CT molecular complexity index is 588. The Labute approximate surface area is 105 Å². The number of anilines is 1. The molecule has 0 aliphatic rings. The molecular weight excluding hydrogens is 229 g/mol. The van der Waals surface area contributed by atoms with Gasteiger partial charge in [0.15, 0.2) is 5.78 Å². The molecule has 0 saturated carbocycles. The summed E-state index contributed by atoms with van der Waals surface area (Å²) < 4.78 is 13.3. The first-order valence-electron chi connectivity index (χ1n) is 5.49. The third kappa shape index (κ3) is 2.83. The number of nitrogens with two attached hydrogens (primary N) is 1. The number of hydrogen-bond acceptors (Lipinski definition) is 2. The van der Waals surface area contributed by atoms with Gasteiger partial charge in [-0.05, 0) is 35.9 Å². The molecule has 18 heavy (non-hydrogen) atoms. The number of benzene rings is 2. The largest absolute Gasteiger partial charge is 0.399 e. The molecule has 0 radical (unpaired) electrons. The standard InChI is InChI=1S/C15H12FNO/c16-14-4-2-1-3-13(14)15(18)10-7-11-5-8-12(17)9-6-11/h1-10H,17H2/b10-7+. The third-order valence-corrected chi connectivity index (χ3v) is 2.50. The van der Waals surface area contributed by atoms with Crippen LogP contribution in [0.2, 0.25) is 0 Å². The summed E-state index contributed by atoms with van der Waals surface area (Å²) in [6, 6.07) is 13.0. The quantitative estimate of drug-likeness (QED) is 0.509. The van der Waals surface area contributed by atoms with E-state index in [1.165, 1.54) is 18.2 Å². The van der Waals surface area contributed by atoms with E-state index in [-0.39, 0.29) is 11.3 Å². The van der Waals surface area contributed by atoms with E-state index >= 15 is 0 Å². The van der Waals surface area contributed by atoms with Crippen LogP contribution < -0.4 is 5.73 Å². The molecule has 0 aliphatic heterocycles. The predicted octanol–water partition coefficient (Wildman–Crippen LogP) is 3.30. The summed E-state index contributed by atoms with van der Waals surface area (Å²) in [5.41, 5.74) is 7.13. The highest BCUT2D eigenvalue weighted by molar-refractivity contribution is 6.06. The lowest BCUT2D eigenvalue weighted by Crippen LogP contribution is -1.97. The van der Waals surface area contributed by atoms with Crippen molar-refractivity contribution in [2.24, 2.45) is 0 Å². The number of halogens is 1. The maximum Gasteiger partial charge on any atom is 0.188 e. The summed E-state index contributed by atoms with van der Waals surface area (Å²) in [5.74, 6) is -0.866. The molecule has 2 nitrogen and oxygen atoms in total. The summed E-state index contributed by atoms with van der Waals surface area (Å²) >= 11 is 0. The summed E-state index contributed by atoms with van der Waals surface area (Å²) in [5, 5.41) is 0. The van der Waals surface area contributed by atoms with E-state index in [9.17, 15) is 9.18 Å². The fourth-order valence-electron chi connectivity index (χ4n) is 1.53. The molecule has 0 heterocycles. The molecule has 0 spiro atoms. The Morgan fingerprint density at radius 2 is 1.72 bits per heavy atom. The van der Waals surface area contributed by atoms with Crippen LogP contribution in [0.5, 0.6) is 0 Å². The van der Waals surface area contributed by atoms with Gasteiger partial charge in [0.05, 0.1) is 5.56 Å². The van der Waals surface area contributed by atoms with Crippen molar-refractivity contribution in [1.82, 2.24) is 0 Å². The smallest absolute Gasteiger partial charge is 0.188 e. The zero-order chi connectivity index (χ0) is 13.0. The first-order valence-corrected chi connectivity index (χ1v) is 5.49. The van der Waals surface area contributed by atoms with Crippen LogP contribution in [0.4, 0.5) is 10.1 Å². The van der Waals surface area contributed by atoms with Crippen LogP contribution in [-0.2, 0) is 0 Å². The fraction of sp³-hybridized carbons (Fsp3) is 0. The molecule has 2 N–H and O–H groups in total. The summed E-state index contributed by atoms with van der Waals surface area (Å²) in [6.45, 7) is 0. The van der Waals surface area contributed by atoms with Gasteiger partial charge in [-0.15, -0.1) is 0 Å². The molecule has 0 aliphatic carbocycles. The molecular formula is C15H12FNO. The van der Waals surface area contributed by atoms with Crippen LogP contribution >= 0.6 is 0 Å². The van der Waals surface area contributed by atoms with E-state index in [4.69, 9.17) is 5.73 Å². The molecule has 0 aromatic heterocycles. The van der Waals surface area contributed by atoms with Crippen LogP contribution in [0.15, 0.2) is 54.6 Å². The van der Waals surface area contributed by atoms with Gasteiger partial charge in [0, 0.05) is 5.69 Å². The number of ketones is 1. The first kappa shape index (κ1) is 12.0. The number of carbonyl (C=O) groups is 1. The SMILES string of the molecule is Nc1ccc(/C=C/C(=O)c2ccccc2F)cc1. The second kappa shape index (κ2) is 5.27. The van der Waals surface area contributed by atoms with E-state index < -0.39 is 5.82 Å². The number of nitrogen functional groups attached to an aromatic ring is 1. The Kier molecular flexibility index (Phi) is 3.53. The summed E-state index contributed by atoms with van der Waals surface area (Å²) in [4.78, 5) is 11.8. The van der Waals surface area contributed by atoms with E-state index in [1.54, 1.807) is 42.5 Å². The summed E-state index contributed by atoms with van der Waals surface area (Å²) in [6.07, 6.45) is 2.98. The van der Waals surface area contributed by atoms with E-state index in [0.717, 1.165) is 5.56 Å². The van der Waals surface area contributed by atoms with Crippen molar-refractivity contribution in [3.05, 3.63) is 71.6 Å². The van der Waals surface area contributed by atoms with E-state index in [1.807, 2.05) is 0 Å². The predicted molar refractivity (Wildman–Crippen MR) is 70.6 cm³/mol. The number of carbonyl (C=O) groups excluding carboxylic acids is 1. The van der Waals surface area contributed by atoms with E-state index in [0.29, 0.717) is 5.69 Å². The Morgan fingerprint density at radius 1 is 1.06 bits per heavy atom. The van der Waals surface area contributed by atoms with Gasteiger partial charge in [-0.3, -0.25) is 4.79 Å². The minimum absolute atomic E-state index is 0.0733. The molecule has 90 valence electrons. The zero-order valence-electron chi connectivity index (χ0n) is 9.64. The van der Waals surface area contributed by atoms with Gasteiger partial charge < -0.3 is 5.73 Å². The normalized spacial score (nSPS) is 10.7. The Balaban J connectivity index is 2.17. The monoisotopic (exact) mass is 241 g/mol. The van der Waals surface area contributed by atoms with Crippen molar-refractivity contribution in [3.63, 3.8) is 0 Å². The lowest BCUT2D eigenvalue weighted by atomic mass is 10.1. The molecule has 0 saturated heterocycles. The lowest BCUT2D eigenvalue weighted by Gasteiger charge is -1.98. The molecule has 2 aromatic carbocycles. The third-order valence-electron chi connectivity index (χ3n) is 2.50. The molecule has 2 rings (SSSR count). The minimum Gasteiger partial charge on any atom is -0.399 e. The number of rotatable bonds is 3. The first-order chi connectivity index (χ1) is 8.66. The maximum atomic E-state index is 13.3. The highest BCUT2D eigenvalue weighted by atomic mass is 19.1. The molecule has 0 fully saturated rings. The van der Waals surface area contributed by atoms with Gasteiger partial charge >= 0.3 is 0 Å². The van der Waals surface area contributed by atoms with Gasteiger partial charge in [-0.25, -0.2) is 4.39 Å². The number of allylic oxidation sites excluding steroid dienone is 1. The maximum absolute atomic E-state index is 13.3. The second-order valence-electron chi connectivity index (χ2n) is 3.84. The van der Waals surface area contributed by atoms with Crippen molar-refractivity contribution in [3.8, 4) is 0 Å². The van der Waals surface area contributed by atoms with Crippen LogP contribution in [-0.4, -0.2) is 5.78 Å². The van der Waals surface area contributed by atoms with Crippen molar-refractivity contribution in [2.45, 2.75) is 0 Å². The van der Waals surface area contributed by atoms with Crippen molar-refractivity contribution in [1.29, 1.82) is 0 Å². The van der Waals surface area contributed by atoms with E-state index in [2.05, 4.69) is 0 Å². The summed E-state index contributed by atoms with van der Waals surface area (Å²) in [7, 11) is 0. The lowest BCUT2D eigenvalue weighted by molar-refractivity contribution is 0.104. The molecule has 0 bridgehead atoms. The minimum atomic E-state index is -0.510. The molecule has 2 aromatic rings. The highest BCUT2D eigenvalue weighted by Gasteiger charge is 2.06. The number of hydrogen-bond donors (Lipinski definition) is 1. The van der Waals surface area contributed by atoms with Crippen molar-refractivity contribution < 1.29 is 9.18 Å². The van der Waals surface area contributed by atoms with Crippen LogP contribution in [0.3, 0.4) is 0 Å². The zero-order valence-corrected chi connectivity index (χ0v) is 9.64. The highest BCUT2D eigenvalue weighted by Crippen LogP contribution is 2.11. The van der Waals surface area contributed by atoms with Gasteiger partial charge in [-0.1, -0.05) is 30.3 Å². The molecule has 0 atom stereocenters. The Hall–Kier alpha value is -2.42. The topological polar surface area (TPSA) is 43.1 Å². The second-order valence-corrected chi connectivity index (χ2v) is 3.84. The van der Waals surface area contributed by atoms with Crippen LogP contribution in [0.1, 0.15) is 15.9 Å². The van der Waals surface area contributed by atoms with Gasteiger partial charge in [0.1, 0.15) is 5.82 Å². The van der Waals surface area contributed by atoms with Crippen LogP contribution in [0.25, 0.3) is 6.08 Å². The van der Waals surface area contributed by atoms with Crippen molar-refractivity contribution >= 4 is 17.5 Å². The van der Waals surface area contributed by atoms with Gasteiger partial charge in [0.2, 0.25) is 0 Å². The van der Waals surface area contributed by atoms with Gasteiger partial charge in [0.25, 0.3) is 0 Å². The average Bonchev–Trinajstić information content (AvgIpc) is 2.38. The molecule has 0 unspecified atom stereocenters. The average molecular weight is 241 g/mol. The van der Waals surface area contributed by atoms with Crippen LogP contribution in [0, 0.1) is 5.82 Å². The fourth-order valence-corrected chi connectivity index (χ4v) is 1.53.